The summed E-state index contributed by atoms with van der Waals surface area (Å²) in [5, 5.41) is 15.1. The van der Waals surface area contributed by atoms with Gasteiger partial charge in [-0.1, -0.05) is 23.8 Å². The summed E-state index contributed by atoms with van der Waals surface area (Å²) in [6.07, 6.45) is 10.7. The van der Waals surface area contributed by atoms with Gasteiger partial charge >= 0.3 is 0 Å². The van der Waals surface area contributed by atoms with E-state index >= 15 is 0 Å². The number of hydrogen-bond donors (Lipinski definition) is 4. The monoisotopic (exact) mass is 333 g/mol. The fraction of sp³-hybridized carbons (Fsp3) is 0.667. The zero-order chi connectivity index (χ0) is 17.4. The zero-order valence-corrected chi connectivity index (χ0v) is 14.8. The first-order valence-electron chi connectivity index (χ1n) is 8.91. The van der Waals surface area contributed by atoms with Crippen molar-refractivity contribution in [3.8, 4) is 0 Å². The third kappa shape index (κ3) is 6.55. The van der Waals surface area contributed by atoms with Gasteiger partial charge in [0, 0.05) is 18.5 Å². The number of nitrogens with one attached hydrogen (secondary N) is 2. The van der Waals surface area contributed by atoms with E-state index in [1.54, 1.807) is 0 Å². The number of aliphatic imine (C=N–C) groups is 2. The van der Waals surface area contributed by atoms with E-state index in [9.17, 15) is 0 Å². The van der Waals surface area contributed by atoms with Crippen LogP contribution in [0.1, 0.15) is 39.5 Å². The number of rotatable bonds is 9. The van der Waals surface area contributed by atoms with Crippen LogP contribution >= 0.6 is 0 Å². The summed E-state index contributed by atoms with van der Waals surface area (Å²) >= 11 is 0. The fourth-order valence-corrected chi connectivity index (χ4v) is 2.55. The van der Waals surface area contributed by atoms with Crippen molar-refractivity contribution in [2.24, 2.45) is 21.6 Å². The molecule has 0 aromatic carbocycles. The molecule has 2 atom stereocenters. The van der Waals surface area contributed by atoms with E-state index in [-0.39, 0.29) is 18.7 Å². The number of nitrogens with two attached hydrogens (primary N) is 1. The van der Waals surface area contributed by atoms with Crippen LogP contribution in [0.2, 0.25) is 0 Å². The first kappa shape index (κ1) is 18.8. The normalized spacial score (nSPS) is 23.3. The average molecular weight is 333 g/mol. The smallest absolute Gasteiger partial charge is 0.132 e. The lowest BCUT2D eigenvalue weighted by Crippen LogP contribution is -2.41. The van der Waals surface area contributed by atoms with Crippen LogP contribution in [-0.2, 0) is 0 Å². The molecule has 0 aliphatic heterocycles. The minimum absolute atomic E-state index is 0.00145. The van der Waals surface area contributed by atoms with Gasteiger partial charge in [0.2, 0.25) is 0 Å². The molecule has 0 heterocycles. The second-order valence-corrected chi connectivity index (χ2v) is 6.60. The molecule has 1 saturated carbocycles. The fourth-order valence-electron chi connectivity index (χ4n) is 2.55. The van der Waals surface area contributed by atoms with E-state index in [1.165, 1.54) is 18.4 Å². The number of allylic oxidation sites excluding steroid dienone is 3. The number of nitrogens with zero attached hydrogens (tertiary/aromatic N) is 2. The average Bonchev–Trinajstić information content (AvgIpc) is 3.38. The highest BCUT2D eigenvalue weighted by Crippen LogP contribution is 2.20. The SMILES string of the molecule is CC1=CCC(C(=NCCCNCO)N=C(N)[C@@H](C)NC2CC2)C=C1. The van der Waals surface area contributed by atoms with Crippen LogP contribution in [0.3, 0.4) is 0 Å². The molecule has 2 aliphatic carbocycles. The molecular formula is C18H31N5O. The molecule has 0 aromatic rings. The molecule has 1 fully saturated rings. The molecule has 5 N–H and O–H groups in total. The second kappa shape index (κ2) is 9.71. The topological polar surface area (TPSA) is 95.0 Å². The van der Waals surface area contributed by atoms with Crippen LogP contribution in [0, 0.1) is 5.92 Å². The zero-order valence-electron chi connectivity index (χ0n) is 14.8. The van der Waals surface area contributed by atoms with E-state index in [4.69, 9.17) is 10.8 Å². The predicted octanol–water partition coefficient (Wildman–Crippen LogP) is 1.33. The lowest BCUT2D eigenvalue weighted by atomic mass is 9.96. The predicted molar refractivity (Wildman–Crippen MR) is 100 cm³/mol. The molecule has 6 nitrogen and oxygen atoms in total. The molecular weight excluding hydrogens is 302 g/mol. The second-order valence-electron chi connectivity index (χ2n) is 6.60. The third-order valence-electron chi connectivity index (χ3n) is 4.26. The Balaban J connectivity index is 2.00. The van der Waals surface area contributed by atoms with Crippen LogP contribution in [0.15, 0.2) is 33.8 Å². The maximum atomic E-state index is 8.75. The van der Waals surface area contributed by atoms with Crippen molar-refractivity contribution < 1.29 is 5.11 Å². The highest BCUT2D eigenvalue weighted by atomic mass is 16.3. The molecule has 0 bridgehead atoms. The van der Waals surface area contributed by atoms with Crippen LogP contribution in [-0.4, -0.2) is 48.7 Å². The van der Waals surface area contributed by atoms with Gasteiger partial charge in [-0.2, -0.15) is 0 Å². The number of aliphatic hydroxyl groups is 1. The van der Waals surface area contributed by atoms with Crippen LogP contribution < -0.4 is 16.4 Å². The maximum absolute atomic E-state index is 8.75. The first-order valence-corrected chi connectivity index (χ1v) is 8.91. The van der Waals surface area contributed by atoms with Crippen LogP contribution in [0.5, 0.6) is 0 Å². The molecule has 0 amide bonds. The van der Waals surface area contributed by atoms with Gasteiger partial charge in [-0.15, -0.1) is 0 Å². The van der Waals surface area contributed by atoms with Gasteiger partial charge in [0.1, 0.15) is 11.7 Å². The molecule has 0 aromatic heterocycles. The lowest BCUT2D eigenvalue weighted by molar-refractivity contribution is 0.261. The maximum Gasteiger partial charge on any atom is 0.132 e. The van der Waals surface area contributed by atoms with Crippen molar-refractivity contribution in [1.82, 2.24) is 10.6 Å². The minimum atomic E-state index is 0.00145. The highest BCUT2D eigenvalue weighted by molar-refractivity contribution is 6.00. The Morgan fingerprint density at radius 3 is 2.88 bits per heavy atom. The molecule has 0 radical (unpaired) electrons. The third-order valence-corrected chi connectivity index (χ3v) is 4.26. The first-order chi connectivity index (χ1) is 11.6. The molecule has 24 heavy (non-hydrogen) atoms. The molecule has 134 valence electrons. The van der Waals surface area contributed by atoms with E-state index in [2.05, 4.69) is 52.7 Å². The summed E-state index contributed by atoms with van der Waals surface area (Å²) in [4.78, 5) is 9.34. The van der Waals surface area contributed by atoms with E-state index in [0.717, 1.165) is 25.2 Å². The van der Waals surface area contributed by atoms with Crippen molar-refractivity contribution in [2.75, 3.05) is 19.8 Å². The standard InChI is InChI=1S/C18H31N5O/c1-13-4-6-15(7-5-13)18(21-11-3-10-20-12-24)23-17(19)14(2)22-16-8-9-16/h4-6,14-16,20,22,24H,3,7-12H2,1-2H3,(H2,19,21,23)/t14-,15?/m1/s1. The highest BCUT2D eigenvalue weighted by Gasteiger charge is 2.24. The van der Waals surface area contributed by atoms with Gasteiger partial charge in [0.25, 0.3) is 0 Å². The van der Waals surface area contributed by atoms with Crippen molar-refractivity contribution >= 4 is 11.7 Å². The molecule has 2 rings (SSSR count). The number of amidine groups is 2. The summed E-state index contributed by atoms with van der Waals surface area (Å²) in [7, 11) is 0. The number of aliphatic hydroxyl groups excluding tert-OH is 1. The molecule has 0 spiro atoms. The van der Waals surface area contributed by atoms with Crippen molar-refractivity contribution in [2.45, 2.75) is 51.6 Å². The Hall–Kier alpha value is -1.50. The minimum Gasteiger partial charge on any atom is -0.386 e. The quantitative estimate of drug-likeness (QED) is 0.222. The Kier molecular flexibility index (Phi) is 7.62. The number of hydrogen-bond acceptors (Lipinski definition) is 4. The van der Waals surface area contributed by atoms with Gasteiger partial charge in [-0.3, -0.25) is 10.3 Å². The Morgan fingerprint density at radius 2 is 2.25 bits per heavy atom. The van der Waals surface area contributed by atoms with E-state index in [0.29, 0.717) is 18.4 Å². The summed E-state index contributed by atoms with van der Waals surface area (Å²) in [6.45, 7) is 5.58. The summed E-state index contributed by atoms with van der Waals surface area (Å²) in [5.74, 6) is 1.60. The van der Waals surface area contributed by atoms with Gasteiger partial charge in [-0.05, 0) is 46.1 Å². The van der Waals surface area contributed by atoms with Crippen molar-refractivity contribution in [3.05, 3.63) is 23.8 Å². The van der Waals surface area contributed by atoms with Gasteiger partial charge in [0.05, 0.1) is 12.8 Å². The van der Waals surface area contributed by atoms with Crippen LogP contribution in [0.4, 0.5) is 0 Å². The Labute approximate surface area is 145 Å². The van der Waals surface area contributed by atoms with Crippen molar-refractivity contribution in [1.29, 1.82) is 0 Å². The van der Waals surface area contributed by atoms with Gasteiger partial charge in [-0.25, -0.2) is 4.99 Å². The Morgan fingerprint density at radius 1 is 1.46 bits per heavy atom. The van der Waals surface area contributed by atoms with E-state index < -0.39 is 0 Å². The largest absolute Gasteiger partial charge is 0.386 e. The Bertz CT molecular complexity index is 520. The van der Waals surface area contributed by atoms with Crippen LogP contribution in [0.25, 0.3) is 0 Å². The summed E-state index contributed by atoms with van der Waals surface area (Å²) < 4.78 is 0. The summed E-state index contributed by atoms with van der Waals surface area (Å²) in [5.41, 5.74) is 7.48. The molecule has 2 aliphatic rings. The van der Waals surface area contributed by atoms with Gasteiger partial charge in [0.15, 0.2) is 0 Å². The summed E-state index contributed by atoms with van der Waals surface area (Å²) in [6, 6.07) is 0.669. The van der Waals surface area contributed by atoms with Gasteiger partial charge < -0.3 is 16.2 Å². The molecule has 1 unspecified atom stereocenters. The molecule has 6 heteroatoms. The van der Waals surface area contributed by atoms with Crippen molar-refractivity contribution in [3.63, 3.8) is 0 Å². The van der Waals surface area contributed by atoms with E-state index in [1.807, 2.05) is 0 Å². The molecule has 0 saturated heterocycles. The lowest BCUT2D eigenvalue weighted by Gasteiger charge is -2.18.